The van der Waals surface area contributed by atoms with Gasteiger partial charge in [0.2, 0.25) is 11.9 Å². The lowest BCUT2D eigenvalue weighted by molar-refractivity contribution is -0.119. The quantitative estimate of drug-likeness (QED) is 0.680. The topological polar surface area (TPSA) is 107 Å². The SMILES string of the molecule is Cc1cnc(N)nc1NC(C(N)=O)C(C)C. The normalized spacial score (nSPS) is 12.5. The molecule has 16 heavy (non-hydrogen) atoms. The van der Waals surface area contributed by atoms with Crippen LogP contribution in [0, 0.1) is 12.8 Å². The number of nitrogens with zero attached hydrogens (tertiary/aromatic N) is 2. The zero-order chi connectivity index (χ0) is 12.3. The van der Waals surface area contributed by atoms with Gasteiger partial charge in [0.1, 0.15) is 11.9 Å². The van der Waals surface area contributed by atoms with Crippen LogP contribution in [-0.4, -0.2) is 21.9 Å². The summed E-state index contributed by atoms with van der Waals surface area (Å²) in [4.78, 5) is 19.1. The van der Waals surface area contributed by atoms with Crippen LogP contribution < -0.4 is 16.8 Å². The summed E-state index contributed by atoms with van der Waals surface area (Å²) in [6.07, 6.45) is 1.60. The Morgan fingerprint density at radius 2 is 2.12 bits per heavy atom. The van der Waals surface area contributed by atoms with Crippen molar-refractivity contribution in [3.05, 3.63) is 11.8 Å². The standard InChI is InChI=1S/C10H17N5O/c1-5(2)7(8(11)16)14-9-6(3)4-13-10(12)15-9/h4-5,7H,1-3H3,(H2,11,16)(H3,12,13,14,15). The summed E-state index contributed by atoms with van der Waals surface area (Å²) in [5.41, 5.74) is 11.6. The van der Waals surface area contributed by atoms with Crippen LogP contribution in [0.2, 0.25) is 0 Å². The molecule has 0 radical (unpaired) electrons. The summed E-state index contributed by atoms with van der Waals surface area (Å²) >= 11 is 0. The molecule has 0 aliphatic rings. The average molecular weight is 223 g/mol. The van der Waals surface area contributed by atoms with Gasteiger partial charge in [-0.05, 0) is 12.8 Å². The number of carbonyl (C=O) groups is 1. The summed E-state index contributed by atoms with van der Waals surface area (Å²) in [5, 5.41) is 2.98. The van der Waals surface area contributed by atoms with Gasteiger partial charge in [-0.1, -0.05) is 13.8 Å². The number of aryl methyl sites for hydroxylation is 1. The van der Waals surface area contributed by atoms with Crippen LogP contribution in [0.25, 0.3) is 0 Å². The summed E-state index contributed by atoms with van der Waals surface area (Å²) in [5.74, 6) is 0.379. The molecule has 1 atom stereocenters. The molecule has 1 heterocycles. The van der Waals surface area contributed by atoms with Crippen LogP contribution in [0.4, 0.5) is 11.8 Å². The molecule has 1 unspecified atom stereocenters. The molecule has 0 bridgehead atoms. The molecule has 0 aromatic carbocycles. The van der Waals surface area contributed by atoms with Crippen molar-refractivity contribution < 1.29 is 4.79 Å². The number of hydrogen-bond acceptors (Lipinski definition) is 5. The largest absolute Gasteiger partial charge is 0.368 e. The molecule has 0 saturated heterocycles. The van der Waals surface area contributed by atoms with E-state index in [2.05, 4.69) is 15.3 Å². The summed E-state index contributed by atoms with van der Waals surface area (Å²) in [7, 11) is 0. The van der Waals surface area contributed by atoms with Gasteiger partial charge in [-0.25, -0.2) is 4.98 Å². The predicted molar refractivity (Wildman–Crippen MR) is 62.6 cm³/mol. The van der Waals surface area contributed by atoms with Crippen LogP contribution in [-0.2, 0) is 4.79 Å². The smallest absolute Gasteiger partial charge is 0.240 e. The Labute approximate surface area is 94.5 Å². The molecule has 5 N–H and O–H groups in total. The molecule has 1 rings (SSSR count). The fraction of sp³-hybridized carbons (Fsp3) is 0.500. The van der Waals surface area contributed by atoms with E-state index in [4.69, 9.17) is 11.5 Å². The Kier molecular flexibility index (Phi) is 3.65. The minimum atomic E-state index is -0.465. The fourth-order valence-electron chi connectivity index (χ4n) is 1.32. The zero-order valence-corrected chi connectivity index (χ0v) is 9.69. The van der Waals surface area contributed by atoms with Gasteiger partial charge < -0.3 is 16.8 Å². The van der Waals surface area contributed by atoms with E-state index in [1.54, 1.807) is 6.20 Å². The van der Waals surface area contributed by atoms with Gasteiger partial charge in [0.25, 0.3) is 0 Å². The number of nitrogens with one attached hydrogen (secondary N) is 1. The van der Waals surface area contributed by atoms with Gasteiger partial charge in [0.05, 0.1) is 0 Å². The van der Waals surface area contributed by atoms with E-state index in [0.29, 0.717) is 5.82 Å². The number of amides is 1. The highest BCUT2D eigenvalue weighted by Gasteiger charge is 2.20. The van der Waals surface area contributed by atoms with Gasteiger partial charge in [-0.2, -0.15) is 4.98 Å². The second kappa shape index (κ2) is 4.78. The Hall–Kier alpha value is -1.85. The zero-order valence-electron chi connectivity index (χ0n) is 9.69. The van der Waals surface area contributed by atoms with Crippen molar-refractivity contribution >= 4 is 17.7 Å². The Morgan fingerprint density at radius 3 is 2.62 bits per heavy atom. The van der Waals surface area contributed by atoms with E-state index >= 15 is 0 Å². The molecule has 6 heteroatoms. The first-order valence-electron chi connectivity index (χ1n) is 5.06. The predicted octanol–water partition coefficient (Wildman–Crippen LogP) is 0.289. The van der Waals surface area contributed by atoms with E-state index in [9.17, 15) is 4.79 Å². The number of nitrogen functional groups attached to an aromatic ring is 1. The molecule has 1 aromatic rings. The van der Waals surface area contributed by atoms with Crippen molar-refractivity contribution in [3.63, 3.8) is 0 Å². The molecule has 0 saturated carbocycles. The van der Waals surface area contributed by atoms with Crippen LogP contribution >= 0.6 is 0 Å². The molecule has 1 amide bonds. The monoisotopic (exact) mass is 223 g/mol. The lowest BCUT2D eigenvalue weighted by Crippen LogP contribution is -2.40. The number of primary amides is 1. The lowest BCUT2D eigenvalue weighted by Gasteiger charge is -2.20. The van der Waals surface area contributed by atoms with Crippen molar-refractivity contribution in [3.8, 4) is 0 Å². The molecular formula is C10H17N5O. The minimum Gasteiger partial charge on any atom is -0.368 e. The molecule has 0 fully saturated rings. The summed E-state index contributed by atoms with van der Waals surface area (Å²) in [6.45, 7) is 5.64. The number of rotatable bonds is 4. The number of aromatic nitrogens is 2. The van der Waals surface area contributed by atoms with Gasteiger partial charge in [0.15, 0.2) is 0 Å². The van der Waals surface area contributed by atoms with Crippen molar-refractivity contribution in [1.29, 1.82) is 0 Å². The Morgan fingerprint density at radius 1 is 1.50 bits per heavy atom. The average Bonchev–Trinajstić information content (AvgIpc) is 2.18. The minimum absolute atomic E-state index is 0.0769. The van der Waals surface area contributed by atoms with Crippen LogP contribution in [0.5, 0.6) is 0 Å². The van der Waals surface area contributed by atoms with Crippen molar-refractivity contribution in [2.75, 3.05) is 11.1 Å². The van der Waals surface area contributed by atoms with E-state index in [1.807, 2.05) is 20.8 Å². The third-order valence-electron chi connectivity index (χ3n) is 2.26. The van der Waals surface area contributed by atoms with E-state index in [0.717, 1.165) is 5.56 Å². The third-order valence-corrected chi connectivity index (χ3v) is 2.26. The van der Waals surface area contributed by atoms with E-state index < -0.39 is 11.9 Å². The first kappa shape index (κ1) is 12.2. The maximum atomic E-state index is 11.2. The number of anilines is 2. The molecule has 0 aliphatic heterocycles. The van der Waals surface area contributed by atoms with Gasteiger partial charge >= 0.3 is 0 Å². The maximum absolute atomic E-state index is 11.2. The first-order valence-corrected chi connectivity index (χ1v) is 5.06. The second-order valence-electron chi connectivity index (χ2n) is 4.03. The first-order chi connectivity index (χ1) is 7.41. The summed E-state index contributed by atoms with van der Waals surface area (Å²) < 4.78 is 0. The van der Waals surface area contributed by atoms with E-state index in [1.165, 1.54) is 0 Å². The van der Waals surface area contributed by atoms with Crippen LogP contribution in [0.15, 0.2) is 6.20 Å². The molecule has 0 spiro atoms. The summed E-state index contributed by atoms with van der Waals surface area (Å²) in [6, 6.07) is -0.465. The Bertz CT molecular complexity index is 391. The highest BCUT2D eigenvalue weighted by atomic mass is 16.1. The number of nitrogens with two attached hydrogens (primary N) is 2. The highest BCUT2D eigenvalue weighted by molar-refractivity contribution is 5.83. The second-order valence-corrected chi connectivity index (χ2v) is 4.03. The number of carbonyl (C=O) groups excluding carboxylic acids is 1. The fourth-order valence-corrected chi connectivity index (χ4v) is 1.32. The maximum Gasteiger partial charge on any atom is 0.240 e. The Balaban J connectivity index is 2.93. The molecule has 1 aromatic heterocycles. The van der Waals surface area contributed by atoms with Crippen LogP contribution in [0.1, 0.15) is 19.4 Å². The third kappa shape index (κ3) is 2.82. The van der Waals surface area contributed by atoms with Crippen molar-refractivity contribution in [2.45, 2.75) is 26.8 Å². The molecule has 0 aliphatic carbocycles. The van der Waals surface area contributed by atoms with Gasteiger partial charge in [0, 0.05) is 11.8 Å². The lowest BCUT2D eigenvalue weighted by atomic mass is 10.0. The van der Waals surface area contributed by atoms with Crippen molar-refractivity contribution in [2.24, 2.45) is 11.7 Å². The van der Waals surface area contributed by atoms with Crippen molar-refractivity contribution in [1.82, 2.24) is 9.97 Å². The number of hydrogen-bond donors (Lipinski definition) is 3. The molecule has 6 nitrogen and oxygen atoms in total. The van der Waals surface area contributed by atoms with Gasteiger partial charge in [-0.3, -0.25) is 4.79 Å². The highest BCUT2D eigenvalue weighted by Crippen LogP contribution is 2.15. The molecule has 88 valence electrons. The molecular weight excluding hydrogens is 206 g/mol. The van der Waals surface area contributed by atoms with E-state index in [-0.39, 0.29) is 11.9 Å². The van der Waals surface area contributed by atoms with Crippen LogP contribution in [0.3, 0.4) is 0 Å². The van der Waals surface area contributed by atoms with Gasteiger partial charge in [-0.15, -0.1) is 0 Å².